The number of hydrogen-bond donors (Lipinski definition) is 9. The van der Waals surface area contributed by atoms with Crippen molar-refractivity contribution in [3.63, 3.8) is 0 Å². The topological polar surface area (TPSA) is 465 Å². The van der Waals surface area contributed by atoms with Crippen LogP contribution in [0.5, 0.6) is 0 Å². The van der Waals surface area contributed by atoms with E-state index < -0.39 is 107 Å². The monoisotopic (exact) mass is 1830 g/mol. The summed E-state index contributed by atoms with van der Waals surface area (Å²) in [7, 11) is 0. The fraction of sp³-hybridized carbons (Fsp3) is 0.374. The van der Waals surface area contributed by atoms with Crippen molar-refractivity contribution in [3.05, 3.63) is 203 Å². The van der Waals surface area contributed by atoms with Crippen LogP contribution in [0, 0.1) is 11.8 Å². The summed E-state index contributed by atoms with van der Waals surface area (Å²) in [5, 5.41) is 33.5. The molecule has 4 fully saturated rings. The van der Waals surface area contributed by atoms with Gasteiger partial charge in [0.15, 0.2) is 22.8 Å². The molecule has 10 aromatic rings. The lowest BCUT2D eigenvalue weighted by molar-refractivity contribution is -0.137. The Morgan fingerprint density at radius 3 is 1.39 bits per heavy atom. The number of alkyl halides is 4. The van der Waals surface area contributed by atoms with Crippen LogP contribution in [-0.2, 0) is 56.0 Å². The van der Waals surface area contributed by atoms with Gasteiger partial charge in [-0.2, -0.15) is 10.2 Å². The highest BCUT2D eigenvalue weighted by atomic mass is 19.3. The van der Waals surface area contributed by atoms with Crippen molar-refractivity contribution in [2.24, 2.45) is 11.8 Å². The van der Waals surface area contributed by atoms with Crippen molar-refractivity contribution in [1.29, 1.82) is 0 Å². The van der Waals surface area contributed by atoms with Crippen molar-refractivity contribution in [3.8, 4) is 34.3 Å². The number of amides is 11. The molecule has 42 heteroatoms. The Labute approximate surface area is 757 Å². The molecule has 696 valence electrons. The van der Waals surface area contributed by atoms with E-state index in [1.165, 1.54) is 64.1 Å². The molecule has 2 saturated heterocycles. The second-order valence-electron chi connectivity index (χ2n) is 32.9. The summed E-state index contributed by atoms with van der Waals surface area (Å²) in [6.07, 6.45) is 6.14. The SMILES string of the molecule is CC(C)(C)OC(=O)N(CC1CC1)c1cc(-c2nc(C(=O)Nc3cn(-c4ccc(CNCCOCCOCCNc5cccc6c5C(=O)N(C5CCC(=O)NC5=O)C6=O)cc4)nc3C(F)F)co2)ccn1.O=C1CCC(N2C(=O)c3cccc(NCCOCCOCCNCc4ccc(-n5cc(NC(=O)c6coc(-c7ccnc(NCC8CC8)c7)n6)c(C(F)F)n5)cc4)c3C2=O)C(=O)N1. The highest BCUT2D eigenvalue weighted by molar-refractivity contribution is 6.26. The number of benzene rings is 4. The zero-order chi connectivity index (χ0) is 93.4. The van der Waals surface area contributed by atoms with E-state index in [9.17, 15) is 70.3 Å². The normalized spacial score (nSPS) is 16.0. The van der Waals surface area contributed by atoms with Crippen LogP contribution in [0.2, 0.25) is 0 Å². The molecule has 11 amide bonds. The van der Waals surface area contributed by atoms with Gasteiger partial charge < -0.3 is 69.7 Å². The number of piperidine rings is 2. The molecule has 10 heterocycles. The maximum Gasteiger partial charge on any atom is 0.416 e. The van der Waals surface area contributed by atoms with Crippen LogP contribution in [0.3, 0.4) is 0 Å². The Kier molecular flexibility index (Phi) is 30.0. The number of halogens is 4. The van der Waals surface area contributed by atoms with Gasteiger partial charge in [-0.1, -0.05) is 36.4 Å². The minimum atomic E-state index is -3.00. The van der Waals surface area contributed by atoms with Crippen molar-refractivity contribution in [2.75, 3.05) is 124 Å². The molecule has 0 radical (unpaired) electrons. The summed E-state index contributed by atoms with van der Waals surface area (Å²) in [6, 6.07) is 28.5. The number of carbonyl (C=O) groups excluding carboxylic acids is 11. The molecular weight excluding hydrogens is 1740 g/mol. The number of imide groups is 4. The van der Waals surface area contributed by atoms with Gasteiger partial charge in [0.05, 0.1) is 110 Å². The van der Waals surface area contributed by atoms with Crippen LogP contribution in [0.4, 0.5) is 56.7 Å². The van der Waals surface area contributed by atoms with E-state index in [0.717, 1.165) is 46.6 Å². The first-order valence-electron chi connectivity index (χ1n) is 43.3. The first-order chi connectivity index (χ1) is 64.3. The number of fused-ring (bicyclic) bond motifs is 2. The molecule has 9 N–H and O–H groups in total. The first-order valence-corrected chi connectivity index (χ1v) is 43.3. The highest BCUT2D eigenvalue weighted by Gasteiger charge is 2.48. The van der Waals surface area contributed by atoms with Gasteiger partial charge in [-0.05, 0) is 155 Å². The summed E-state index contributed by atoms with van der Waals surface area (Å²) in [6.45, 7) is 12.1. The number of ether oxygens (including phenoxy) is 5. The van der Waals surface area contributed by atoms with Gasteiger partial charge in [-0.3, -0.25) is 73.3 Å². The largest absolute Gasteiger partial charge is 0.444 e. The Balaban J connectivity index is 0.000000204. The first kappa shape index (κ1) is 93.4. The molecule has 2 unspecified atom stereocenters. The highest BCUT2D eigenvalue weighted by Crippen LogP contribution is 2.38. The molecule has 38 nitrogen and oxygen atoms in total. The lowest BCUT2D eigenvalue weighted by Gasteiger charge is -2.27. The Bertz CT molecular complexity index is 5950. The van der Waals surface area contributed by atoms with Crippen molar-refractivity contribution >= 4 is 99.6 Å². The number of rotatable bonds is 42. The number of oxazole rings is 2. The number of aromatic nitrogens is 8. The van der Waals surface area contributed by atoms with Gasteiger partial charge in [0.25, 0.3) is 48.3 Å². The molecule has 0 spiro atoms. The number of carbonyl (C=O) groups is 11. The van der Waals surface area contributed by atoms with Crippen LogP contribution >= 0.6 is 0 Å². The maximum absolute atomic E-state index is 14.2. The second-order valence-corrected chi connectivity index (χ2v) is 32.9. The Morgan fingerprint density at radius 1 is 0.511 bits per heavy atom. The predicted octanol–water partition coefficient (Wildman–Crippen LogP) is 10.5. The summed E-state index contributed by atoms with van der Waals surface area (Å²) in [5.41, 5.74) is 2.98. The number of pyridine rings is 2. The molecule has 2 saturated carbocycles. The number of hydrogen-bond acceptors (Lipinski definition) is 29. The van der Waals surface area contributed by atoms with Crippen molar-refractivity contribution in [1.82, 2.24) is 70.6 Å². The molecule has 4 aromatic carbocycles. The van der Waals surface area contributed by atoms with E-state index in [0.29, 0.717) is 149 Å². The van der Waals surface area contributed by atoms with E-state index in [2.05, 4.69) is 78.0 Å². The van der Waals surface area contributed by atoms with E-state index in [1.807, 2.05) is 24.3 Å². The quantitative estimate of drug-likeness (QED) is 0.00975. The van der Waals surface area contributed by atoms with Crippen LogP contribution in [-0.4, -0.2) is 224 Å². The average Bonchev–Trinajstić information content (AvgIpc) is 1.60. The van der Waals surface area contributed by atoms with Gasteiger partial charge in [0.1, 0.15) is 41.8 Å². The Hall–Kier alpha value is -14.3. The maximum atomic E-state index is 14.2. The molecule has 0 bridgehead atoms. The summed E-state index contributed by atoms with van der Waals surface area (Å²) in [5.74, 6) is -3.82. The third-order valence-corrected chi connectivity index (χ3v) is 21.9. The van der Waals surface area contributed by atoms with Gasteiger partial charge >= 0.3 is 6.09 Å². The van der Waals surface area contributed by atoms with Crippen LogP contribution in [0.1, 0.15) is 170 Å². The lowest BCUT2D eigenvalue weighted by Crippen LogP contribution is -2.54. The zero-order valence-corrected chi connectivity index (χ0v) is 72.6. The zero-order valence-electron chi connectivity index (χ0n) is 72.6. The van der Waals surface area contributed by atoms with Crippen LogP contribution < -0.4 is 52.8 Å². The van der Waals surface area contributed by atoms with E-state index >= 15 is 0 Å². The fourth-order valence-corrected chi connectivity index (χ4v) is 14.8. The van der Waals surface area contributed by atoms with Gasteiger partial charge in [-0.25, -0.2) is 51.7 Å². The molecule has 6 aromatic heterocycles. The van der Waals surface area contributed by atoms with E-state index in [4.69, 9.17) is 32.5 Å². The third kappa shape index (κ3) is 23.7. The van der Waals surface area contributed by atoms with Gasteiger partial charge in [-0.15, -0.1) is 0 Å². The molecule has 133 heavy (non-hydrogen) atoms. The summed E-state index contributed by atoms with van der Waals surface area (Å²) in [4.78, 5) is 160. The smallest absolute Gasteiger partial charge is 0.416 e. The molecule has 2 atom stereocenters. The predicted molar refractivity (Wildman–Crippen MR) is 470 cm³/mol. The Morgan fingerprint density at radius 2 is 0.955 bits per heavy atom. The number of anilines is 6. The molecule has 6 aliphatic rings. The van der Waals surface area contributed by atoms with E-state index in [-0.39, 0.29) is 89.1 Å². The summed E-state index contributed by atoms with van der Waals surface area (Å²) < 4.78 is 98.3. The standard InChI is InChI=1S/C48H52F2N10O10.C43H44F2N10O8/c1-48(2,3)70-47(66)58(25-29-7-8-29)37-23-30(15-16-53-37)44-55-35(27-69-44)42(62)54-34-26-59(57-40(34)41(49)50)31-11-9-28(10-12-31)24-51-17-19-67-21-22-68-20-18-52-33-6-4-5-32-39(33)46(65)60(45(32)64)36-13-14-38(61)56-43(36)63;44-38(45)37-31(50-39(57)32-24-63-41(51-32)27-12-13-48-34(20-27)49-22-26-4-5-26)23-54(53-37)28-8-6-25(7-9-28)21-46-14-16-61-18-19-62-17-15-47-30-3-1-2-29-36(30)43(60)55(42(29)59)33-10-11-35(56)52-40(33)58/h4-6,9-12,15-16,23,26-27,29,36,41,51-52H,7-8,13-14,17-22,24-25H2,1-3H3,(H,54,62)(H,56,61,63);1-3,6-9,12-13,20,23-24,26,33,38,46-47H,4-5,10-11,14-19,21-22H2,(H,48,49)(H,50,57)(H,52,56,58). The minimum absolute atomic E-state index is 0.0378. The second kappa shape index (κ2) is 42.7. The average molecular weight is 1830 g/mol. The fourth-order valence-electron chi connectivity index (χ4n) is 14.8. The molecule has 4 aliphatic heterocycles. The third-order valence-electron chi connectivity index (χ3n) is 21.9. The lowest BCUT2D eigenvalue weighted by atomic mass is 10.0. The van der Waals surface area contributed by atoms with Crippen molar-refractivity contribution in [2.45, 2.75) is 116 Å². The molecular formula is C91H96F4N20O18. The van der Waals surface area contributed by atoms with Crippen molar-refractivity contribution < 1.29 is 103 Å². The van der Waals surface area contributed by atoms with Gasteiger partial charge in [0, 0.05) is 100 Å². The molecule has 16 rings (SSSR count). The van der Waals surface area contributed by atoms with E-state index in [1.54, 1.807) is 99.8 Å². The van der Waals surface area contributed by atoms with Gasteiger partial charge in [0.2, 0.25) is 35.4 Å². The number of nitrogens with zero attached hydrogens (tertiary/aromatic N) is 11. The molecule has 2 aliphatic carbocycles. The number of nitrogens with one attached hydrogen (secondary N) is 9. The van der Waals surface area contributed by atoms with Crippen LogP contribution in [0.15, 0.2) is 155 Å². The summed E-state index contributed by atoms with van der Waals surface area (Å²) >= 11 is 0. The minimum Gasteiger partial charge on any atom is -0.444 e. The van der Waals surface area contributed by atoms with Crippen LogP contribution in [0.25, 0.3) is 34.3 Å².